The van der Waals surface area contributed by atoms with E-state index >= 15 is 0 Å². The monoisotopic (exact) mass is 451 g/mol. The summed E-state index contributed by atoms with van der Waals surface area (Å²) in [6.45, 7) is 3.46. The van der Waals surface area contributed by atoms with Gasteiger partial charge in [-0.2, -0.15) is 9.41 Å². The highest BCUT2D eigenvalue weighted by atomic mass is 32.2. The zero-order valence-corrected chi connectivity index (χ0v) is 18.7. The van der Waals surface area contributed by atoms with Gasteiger partial charge in [-0.1, -0.05) is 59.7 Å². The summed E-state index contributed by atoms with van der Waals surface area (Å²) in [6, 6.07) is 20.3. The zero-order valence-electron chi connectivity index (χ0n) is 17.9. The third kappa shape index (κ3) is 6.26. The van der Waals surface area contributed by atoms with Gasteiger partial charge in [0, 0.05) is 6.54 Å². The molecule has 0 aliphatic heterocycles. The fraction of sp³-hybridized carbons (Fsp3) is 0.167. The molecular weight excluding hydrogens is 426 g/mol. The molecule has 3 aromatic carbocycles. The molecule has 0 aromatic heterocycles. The number of carbonyl (C=O) groups is 1. The highest BCUT2D eigenvalue weighted by molar-refractivity contribution is 7.89. The lowest BCUT2D eigenvalue weighted by molar-refractivity contribution is -0.121. The van der Waals surface area contributed by atoms with Gasteiger partial charge in [0.15, 0.2) is 0 Å². The van der Waals surface area contributed by atoms with Crippen LogP contribution in [0.25, 0.3) is 0 Å². The molecule has 0 atom stereocenters. The molecule has 0 spiro atoms. The summed E-state index contributed by atoms with van der Waals surface area (Å²) < 4.78 is 27.7. The molecule has 2 N–H and O–H groups in total. The lowest BCUT2D eigenvalue weighted by atomic mass is 10.1. The Morgan fingerprint density at radius 2 is 1.62 bits per heavy atom. The first-order valence-electron chi connectivity index (χ1n) is 9.97. The van der Waals surface area contributed by atoms with Gasteiger partial charge in [-0.25, -0.2) is 13.8 Å². The van der Waals surface area contributed by atoms with Crippen LogP contribution >= 0.6 is 0 Å². The second kappa shape index (κ2) is 10.2. The summed E-state index contributed by atoms with van der Waals surface area (Å²) >= 11 is 0. The van der Waals surface area contributed by atoms with Crippen molar-refractivity contribution < 1.29 is 18.3 Å². The van der Waals surface area contributed by atoms with E-state index in [-0.39, 0.29) is 17.2 Å². The lowest BCUT2D eigenvalue weighted by Gasteiger charge is -2.21. The number of phenols is 1. The van der Waals surface area contributed by atoms with Gasteiger partial charge in [0.1, 0.15) is 5.75 Å². The van der Waals surface area contributed by atoms with Crippen molar-refractivity contribution in [2.45, 2.75) is 25.3 Å². The molecule has 0 unspecified atom stereocenters. The minimum Gasteiger partial charge on any atom is -0.508 e. The van der Waals surface area contributed by atoms with Gasteiger partial charge in [0.2, 0.25) is 10.0 Å². The van der Waals surface area contributed by atoms with Crippen molar-refractivity contribution in [3.05, 3.63) is 95.1 Å². The summed E-state index contributed by atoms with van der Waals surface area (Å²) in [6.07, 6.45) is 1.37. The van der Waals surface area contributed by atoms with E-state index in [1.807, 2.05) is 38.1 Å². The van der Waals surface area contributed by atoms with Gasteiger partial charge in [0.25, 0.3) is 5.91 Å². The van der Waals surface area contributed by atoms with Gasteiger partial charge in [-0.3, -0.25) is 4.79 Å². The first kappa shape index (κ1) is 23.2. The van der Waals surface area contributed by atoms with E-state index in [1.165, 1.54) is 30.5 Å². The molecule has 0 saturated carbocycles. The molecule has 0 aliphatic carbocycles. The van der Waals surface area contributed by atoms with Crippen LogP contribution in [0.3, 0.4) is 0 Å². The summed E-state index contributed by atoms with van der Waals surface area (Å²) in [4.78, 5) is 12.6. The van der Waals surface area contributed by atoms with Crippen LogP contribution in [0.2, 0.25) is 0 Å². The number of hydrazone groups is 1. The molecule has 0 radical (unpaired) electrons. The predicted octanol–water partition coefficient (Wildman–Crippen LogP) is 3.35. The predicted molar refractivity (Wildman–Crippen MR) is 124 cm³/mol. The van der Waals surface area contributed by atoms with Gasteiger partial charge in [0.05, 0.1) is 17.7 Å². The maximum atomic E-state index is 13.3. The van der Waals surface area contributed by atoms with E-state index in [1.54, 1.807) is 24.3 Å². The number of sulfonamides is 1. The number of phenolic OH excluding ortho intramolecular Hbond substituents is 1. The average molecular weight is 452 g/mol. The molecule has 1 amide bonds. The molecule has 0 heterocycles. The van der Waals surface area contributed by atoms with Gasteiger partial charge in [-0.05, 0) is 49.2 Å². The molecule has 0 aliphatic rings. The van der Waals surface area contributed by atoms with E-state index in [0.717, 1.165) is 21.0 Å². The third-order valence-electron chi connectivity index (χ3n) is 4.73. The summed E-state index contributed by atoms with van der Waals surface area (Å²) in [7, 11) is -3.92. The number of hydrogen-bond acceptors (Lipinski definition) is 5. The Kier molecular flexibility index (Phi) is 7.40. The zero-order chi connectivity index (χ0) is 23.1. The molecule has 8 heteroatoms. The van der Waals surface area contributed by atoms with Crippen molar-refractivity contribution in [3.8, 4) is 5.75 Å². The van der Waals surface area contributed by atoms with Gasteiger partial charge in [-0.15, -0.1) is 0 Å². The van der Waals surface area contributed by atoms with Crippen LogP contribution in [0.15, 0.2) is 82.8 Å². The number of aromatic hydroxyl groups is 1. The maximum absolute atomic E-state index is 13.3. The van der Waals surface area contributed by atoms with Crippen LogP contribution in [-0.4, -0.2) is 36.5 Å². The molecule has 0 fully saturated rings. The number of nitrogens with one attached hydrogen (secondary N) is 1. The van der Waals surface area contributed by atoms with Gasteiger partial charge < -0.3 is 5.11 Å². The van der Waals surface area contributed by atoms with Crippen LogP contribution in [0.5, 0.6) is 5.75 Å². The normalized spacial score (nSPS) is 11.7. The SMILES string of the molecule is Cc1ccc(CN(CC(=O)N/N=C\c2cccc(O)c2)S(=O)(=O)c2ccc(C)cc2)cc1. The van der Waals surface area contributed by atoms with E-state index in [2.05, 4.69) is 10.5 Å². The number of hydrogen-bond donors (Lipinski definition) is 2. The highest BCUT2D eigenvalue weighted by Crippen LogP contribution is 2.19. The Bertz CT molecular complexity index is 1200. The Balaban J connectivity index is 1.79. The number of rotatable bonds is 8. The fourth-order valence-electron chi connectivity index (χ4n) is 2.96. The van der Waals surface area contributed by atoms with E-state index in [9.17, 15) is 18.3 Å². The highest BCUT2D eigenvalue weighted by Gasteiger charge is 2.26. The first-order valence-corrected chi connectivity index (χ1v) is 11.4. The van der Waals surface area contributed by atoms with E-state index < -0.39 is 22.5 Å². The molecule has 3 rings (SSSR count). The Hall–Kier alpha value is -3.49. The van der Waals surface area contributed by atoms with Crippen molar-refractivity contribution in [3.63, 3.8) is 0 Å². The van der Waals surface area contributed by atoms with Crippen LogP contribution in [0.1, 0.15) is 22.3 Å². The topological polar surface area (TPSA) is 99.1 Å². The summed E-state index contributed by atoms with van der Waals surface area (Å²) in [5.41, 5.74) is 5.70. The smallest absolute Gasteiger partial charge is 0.255 e. The standard InChI is InChI=1S/C24H25N3O4S/c1-18-6-10-20(11-7-18)16-27(32(30,31)23-12-8-19(2)9-13-23)17-24(29)26-25-15-21-4-3-5-22(28)14-21/h3-15,28H,16-17H2,1-2H3,(H,26,29)/b25-15-. The molecule has 166 valence electrons. The lowest BCUT2D eigenvalue weighted by Crippen LogP contribution is -2.39. The Labute approximate surface area is 188 Å². The third-order valence-corrected chi connectivity index (χ3v) is 6.54. The van der Waals surface area contributed by atoms with E-state index in [4.69, 9.17) is 0 Å². The minimum atomic E-state index is -3.92. The van der Waals surface area contributed by atoms with Crippen molar-refractivity contribution >= 4 is 22.1 Å². The maximum Gasteiger partial charge on any atom is 0.255 e. The molecule has 3 aromatic rings. The van der Waals surface area contributed by atoms with Gasteiger partial charge >= 0.3 is 0 Å². The number of amides is 1. The molecule has 7 nitrogen and oxygen atoms in total. The number of carbonyl (C=O) groups excluding carboxylic acids is 1. The second-order valence-electron chi connectivity index (χ2n) is 7.46. The summed E-state index contributed by atoms with van der Waals surface area (Å²) in [5, 5.41) is 13.4. The largest absolute Gasteiger partial charge is 0.508 e. The molecular formula is C24H25N3O4S. The van der Waals surface area contributed by atoms with Crippen LogP contribution in [0.4, 0.5) is 0 Å². The van der Waals surface area contributed by atoms with Crippen LogP contribution < -0.4 is 5.43 Å². The fourth-order valence-corrected chi connectivity index (χ4v) is 4.35. The number of aryl methyl sites for hydroxylation is 2. The molecule has 0 bridgehead atoms. The molecule has 32 heavy (non-hydrogen) atoms. The van der Waals surface area contributed by atoms with Crippen molar-refractivity contribution in [2.75, 3.05) is 6.54 Å². The van der Waals surface area contributed by atoms with E-state index in [0.29, 0.717) is 5.56 Å². The van der Waals surface area contributed by atoms with Crippen LogP contribution in [-0.2, 0) is 21.4 Å². The second-order valence-corrected chi connectivity index (χ2v) is 9.40. The summed E-state index contributed by atoms with van der Waals surface area (Å²) in [5.74, 6) is -0.502. The van der Waals surface area contributed by atoms with Crippen molar-refractivity contribution in [1.82, 2.24) is 9.73 Å². The number of nitrogens with zero attached hydrogens (tertiary/aromatic N) is 2. The quantitative estimate of drug-likeness (QED) is 0.405. The number of benzene rings is 3. The minimum absolute atomic E-state index is 0.0418. The van der Waals surface area contributed by atoms with Crippen molar-refractivity contribution in [1.29, 1.82) is 0 Å². The Morgan fingerprint density at radius 1 is 1.00 bits per heavy atom. The van der Waals surface area contributed by atoms with Crippen molar-refractivity contribution in [2.24, 2.45) is 5.10 Å². The first-order chi connectivity index (χ1) is 15.2. The van der Waals surface area contributed by atoms with Crippen LogP contribution in [0, 0.1) is 13.8 Å². The average Bonchev–Trinajstić information content (AvgIpc) is 2.75. The Morgan fingerprint density at radius 3 is 2.25 bits per heavy atom. The molecule has 0 saturated heterocycles.